The molecule has 3 nitrogen and oxygen atoms in total. The molecule has 1 heterocycles. The molecule has 1 aliphatic heterocycles. The van der Waals surface area contributed by atoms with E-state index in [9.17, 15) is 4.79 Å². The molecule has 1 aliphatic carbocycles. The lowest BCUT2D eigenvalue weighted by Crippen LogP contribution is -2.30. The van der Waals surface area contributed by atoms with Crippen LogP contribution in [-0.2, 0) is 15.1 Å². The van der Waals surface area contributed by atoms with E-state index in [1.165, 1.54) is 0 Å². The summed E-state index contributed by atoms with van der Waals surface area (Å²) in [5.74, 6) is 0.924. The molecule has 3 atom stereocenters. The summed E-state index contributed by atoms with van der Waals surface area (Å²) in [7, 11) is 0. The average molecular weight is 377 g/mol. The Morgan fingerprint density at radius 2 is 1.68 bits per heavy atom. The fourth-order valence-electron chi connectivity index (χ4n) is 3.96. The number of fused-ring (bicyclic) bond motifs is 1. The van der Waals surface area contributed by atoms with Gasteiger partial charge in [-0.1, -0.05) is 35.3 Å². The number of Topliss-reactive ketones (excluding diaryl/α,β-unsaturated/α-hetero) is 1. The maximum atomic E-state index is 12.4. The Hall–Kier alpha value is -1.55. The van der Waals surface area contributed by atoms with Crippen molar-refractivity contribution < 1.29 is 14.3 Å². The summed E-state index contributed by atoms with van der Waals surface area (Å²) in [6, 6.07) is 14.9. The molecule has 1 saturated carbocycles. The molecule has 0 spiro atoms. The van der Waals surface area contributed by atoms with Crippen LogP contribution in [0.25, 0.3) is 0 Å². The zero-order chi connectivity index (χ0) is 17.4. The molecule has 0 aromatic heterocycles. The van der Waals surface area contributed by atoms with E-state index in [-0.39, 0.29) is 17.8 Å². The minimum absolute atomic E-state index is 0.104. The van der Waals surface area contributed by atoms with Crippen LogP contribution >= 0.6 is 23.2 Å². The van der Waals surface area contributed by atoms with Crippen molar-refractivity contribution in [1.82, 2.24) is 0 Å². The van der Waals surface area contributed by atoms with Crippen molar-refractivity contribution in [3.05, 3.63) is 64.1 Å². The van der Waals surface area contributed by atoms with Gasteiger partial charge >= 0.3 is 0 Å². The summed E-state index contributed by atoms with van der Waals surface area (Å²) in [6.07, 6.45) is 1.86. The van der Waals surface area contributed by atoms with Gasteiger partial charge in [0.05, 0.1) is 12.0 Å². The quantitative estimate of drug-likeness (QED) is 0.749. The highest BCUT2D eigenvalue weighted by molar-refractivity contribution is 6.30. The van der Waals surface area contributed by atoms with E-state index in [0.717, 1.165) is 17.7 Å². The third kappa shape index (κ3) is 3.17. The Labute approximate surface area is 156 Å². The molecular formula is C20H18Cl2O3. The lowest BCUT2D eigenvalue weighted by molar-refractivity contribution is -0.123. The van der Waals surface area contributed by atoms with E-state index in [2.05, 4.69) is 0 Å². The molecule has 4 rings (SSSR count). The number of hydrogen-bond donors (Lipinski definition) is 0. The van der Waals surface area contributed by atoms with Crippen LogP contribution in [0, 0.1) is 5.92 Å². The monoisotopic (exact) mass is 376 g/mol. The number of hydrogen-bond acceptors (Lipinski definition) is 3. The van der Waals surface area contributed by atoms with Gasteiger partial charge in [0.1, 0.15) is 23.7 Å². The Bertz CT molecular complexity index is 773. The molecule has 0 bridgehead atoms. The summed E-state index contributed by atoms with van der Waals surface area (Å²) in [5.41, 5.74) is 0.497. The predicted molar refractivity (Wildman–Crippen MR) is 97.3 cm³/mol. The van der Waals surface area contributed by atoms with E-state index < -0.39 is 5.60 Å². The van der Waals surface area contributed by atoms with Crippen molar-refractivity contribution in [2.45, 2.75) is 31.0 Å². The molecule has 5 heteroatoms. The van der Waals surface area contributed by atoms with E-state index in [0.29, 0.717) is 29.5 Å². The van der Waals surface area contributed by atoms with Gasteiger partial charge in [0.2, 0.25) is 0 Å². The van der Waals surface area contributed by atoms with Gasteiger partial charge in [0.25, 0.3) is 0 Å². The van der Waals surface area contributed by atoms with Crippen LogP contribution in [0.15, 0.2) is 48.5 Å². The number of benzene rings is 2. The molecule has 2 fully saturated rings. The molecule has 2 aromatic rings. The summed E-state index contributed by atoms with van der Waals surface area (Å²) >= 11 is 11.9. The SMILES string of the molecule is O=C1CC[C@]2(c3ccc(Cl)cc3)O[C@H](COc3ccc(Cl)cc3)CC12. The van der Waals surface area contributed by atoms with Gasteiger partial charge < -0.3 is 9.47 Å². The first-order valence-electron chi connectivity index (χ1n) is 8.42. The van der Waals surface area contributed by atoms with E-state index in [1.54, 1.807) is 12.1 Å². The highest BCUT2D eigenvalue weighted by atomic mass is 35.5. The first-order valence-corrected chi connectivity index (χ1v) is 9.17. The largest absolute Gasteiger partial charge is 0.491 e. The third-order valence-corrected chi connectivity index (χ3v) is 5.66. The fourth-order valence-corrected chi connectivity index (χ4v) is 4.21. The van der Waals surface area contributed by atoms with Gasteiger partial charge in [0.15, 0.2) is 0 Å². The van der Waals surface area contributed by atoms with Gasteiger partial charge in [-0.25, -0.2) is 0 Å². The molecular weight excluding hydrogens is 359 g/mol. The first kappa shape index (κ1) is 16.9. The molecule has 25 heavy (non-hydrogen) atoms. The van der Waals surface area contributed by atoms with Crippen molar-refractivity contribution in [1.29, 1.82) is 0 Å². The smallest absolute Gasteiger partial charge is 0.139 e. The van der Waals surface area contributed by atoms with Gasteiger partial charge in [-0.2, -0.15) is 0 Å². The van der Waals surface area contributed by atoms with Crippen LogP contribution in [0.1, 0.15) is 24.8 Å². The molecule has 1 unspecified atom stereocenters. The molecule has 0 radical (unpaired) electrons. The Balaban J connectivity index is 1.51. The van der Waals surface area contributed by atoms with Gasteiger partial charge in [0, 0.05) is 16.5 Å². The normalized spacial score (nSPS) is 28.2. The molecule has 2 aliphatic rings. The Morgan fingerprint density at radius 3 is 2.36 bits per heavy atom. The number of ether oxygens (including phenoxy) is 2. The van der Waals surface area contributed by atoms with Crippen LogP contribution in [0.2, 0.25) is 10.0 Å². The zero-order valence-electron chi connectivity index (χ0n) is 13.6. The predicted octanol–water partition coefficient (Wildman–Crippen LogP) is 5.04. The number of carbonyl (C=O) groups excluding carboxylic acids is 1. The highest BCUT2D eigenvalue weighted by Crippen LogP contribution is 2.52. The lowest BCUT2D eigenvalue weighted by atomic mass is 9.83. The van der Waals surface area contributed by atoms with E-state index >= 15 is 0 Å². The molecule has 0 N–H and O–H groups in total. The van der Waals surface area contributed by atoms with Crippen molar-refractivity contribution in [2.75, 3.05) is 6.61 Å². The molecule has 1 saturated heterocycles. The second-order valence-electron chi connectivity index (χ2n) is 6.66. The number of rotatable bonds is 4. The van der Waals surface area contributed by atoms with Gasteiger partial charge in [-0.3, -0.25) is 4.79 Å². The number of carbonyl (C=O) groups is 1. The van der Waals surface area contributed by atoms with E-state index in [4.69, 9.17) is 32.7 Å². The minimum Gasteiger partial charge on any atom is -0.491 e. The maximum Gasteiger partial charge on any atom is 0.139 e. The third-order valence-electron chi connectivity index (χ3n) is 5.15. The minimum atomic E-state index is -0.532. The summed E-state index contributed by atoms with van der Waals surface area (Å²) < 4.78 is 12.2. The zero-order valence-corrected chi connectivity index (χ0v) is 15.1. The lowest BCUT2D eigenvalue weighted by Gasteiger charge is -2.29. The van der Waals surface area contributed by atoms with Gasteiger partial charge in [-0.15, -0.1) is 0 Å². The Kier molecular flexibility index (Phi) is 4.48. The van der Waals surface area contributed by atoms with Crippen LogP contribution in [0.3, 0.4) is 0 Å². The Morgan fingerprint density at radius 1 is 1.04 bits per heavy atom. The molecule has 130 valence electrons. The van der Waals surface area contributed by atoms with Crippen LogP contribution < -0.4 is 4.74 Å². The molecule has 0 amide bonds. The highest BCUT2D eigenvalue weighted by Gasteiger charge is 2.56. The summed E-state index contributed by atoms with van der Waals surface area (Å²) in [5, 5.41) is 1.35. The van der Waals surface area contributed by atoms with Crippen LogP contribution in [-0.4, -0.2) is 18.5 Å². The topological polar surface area (TPSA) is 35.5 Å². The fraction of sp³-hybridized carbons (Fsp3) is 0.350. The van der Waals surface area contributed by atoms with Crippen molar-refractivity contribution >= 4 is 29.0 Å². The second-order valence-corrected chi connectivity index (χ2v) is 7.53. The van der Waals surface area contributed by atoms with Crippen molar-refractivity contribution in [3.63, 3.8) is 0 Å². The van der Waals surface area contributed by atoms with Crippen molar-refractivity contribution in [2.24, 2.45) is 5.92 Å². The maximum absolute atomic E-state index is 12.4. The summed E-state index contributed by atoms with van der Waals surface area (Å²) in [6.45, 7) is 0.417. The molecule has 2 aromatic carbocycles. The average Bonchev–Trinajstić information content (AvgIpc) is 3.13. The first-order chi connectivity index (χ1) is 12.1. The second kappa shape index (κ2) is 6.64. The van der Waals surface area contributed by atoms with Crippen molar-refractivity contribution in [3.8, 4) is 5.75 Å². The number of halogens is 2. The number of ketones is 1. The van der Waals surface area contributed by atoms with Crippen LogP contribution in [0.5, 0.6) is 5.75 Å². The standard InChI is InChI=1S/C20H18Cl2O3/c21-14-3-1-13(2-4-14)20-10-9-19(23)18(20)11-17(25-20)12-24-16-7-5-15(22)6-8-16/h1-8,17-18H,9-12H2/t17-,18?,20+/m0/s1. The van der Waals surface area contributed by atoms with Crippen LogP contribution in [0.4, 0.5) is 0 Å². The van der Waals surface area contributed by atoms with E-state index in [1.807, 2.05) is 36.4 Å². The summed E-state index contributed by atoms with van der Waals surface area (Å²) in [4.78, 5) is 12.4. The van der Waals surface area contributed by atoms with Gasteiger partial charge in [-0.05, 0) is 54.8 Å².